The van der Waals surface area contributed by atoms with E-state index < -0.39 is 10.0 Å². The summed E-state index contributed by atoms with van der Waals surface area (Å²) in [4.78, 5) is 0.228. The molecular formula is C12H14N2O2S2. The minimum atomic E-state index is -3.58. The van der Waals surface area contributed by atoms with Crippen LogP contribution in [0, 0.1) is 13.8 Å². The summed E-state index contributed by atoms with van der Waals surface area (Å²) in [6, 6.07) is 5.11. The van der Waals surface area contributed by atoms with Crippen LogP contribution in [0.2, 0.25) is 0 Å². The molecule has 96 valence electrons. The topological polar surface area (TPSA) is 72.2 Å². The highest BCUT2D eigenvalue weighted by molar-refractivity contribution is 7.92. The Kier molecular flexibility index (Phi) is 3.32. The van der Waals surface area contributed by atoms with Crippen molar-refractivity contribution in [3.05, 3.63) is 40.1 Å². The molecule has 0 spiro atoms. The van der Waals surface area contributed by atoms with Crippen LogP contribution in [0.15, 0.2) is 33.9 Å². The minimum absolute atomic E-state index is 0.228. The second-order valence-corrected chi connectivity index (χ2v) is 6.53. The van der Waals surface area contributed by atoms with Gasteiger partial charge in [0, 0.05) is 11.1 Å². The van der Waals surface area contributed by atoms with Crippen LogP contribution in [0.4, 0.5) is 11.4 Å². The summed E-state index contributed by atoms with van der Waals surface area (Å²) in [6.45, 7) is 3.52. The van der Waals surface area contributed by atoms with Crippen molar-refractivity contribution in [3.63, 3.8) is 0 Å². The molecule has 0 aliphatic carbocycles. The summed E-state index contributed by atoms with van der Waals surface area (Å²) < 4.78 is 27.1. The van der Waals surface area contributed by atoms with Crippen molar-refractivity contribution in [1.29, 1.82) is 0 Å². The van der Waals surface area contributed by atoms with Gasteiger partial charge in [-0.3, -0.25) is 4.72 Å². The lowest BCUT2D eigenvalue weighted by molar-refractivity contribution is 0.600. The van der Waals surface area contributed by atoms with E-state index in [1.54, 1.807) is 30.5 Å². The lowest BCUT2D eigenvalue weighted by Gasteiger charge is -2.12. The summed E-state index contributed by atoms with van der Waals surface area (Å²) >= 11 is 1.43. The Morgan fingerprint density at radius 3 is 2.61 bits per heavy atom. The summed E-state index contributed by atoms with van der Waals surface area (Å²) in [7, 11) is -3.58. The third-order valence-corrected chi connectivity index (χ3v) is 4.80. The molecule has 2 aromatic rings. The van der Waals surface area contributed by atoms with Crippen molar-refractivity contribution in [2.24, 2.45) is 0 Å². The zero-order valence-electron chi connectivity index (χ0n) is 10.1. The number of thiophene rings is 1. The molecule has 0 aliphatic heterocycles. The number of anilines is 2. The van der Waals surface area contributed by atoms with Crippen molar-refractivity contribution in [2.75, 3.05) is 10.5 Å². The molecule has 0 radical (unpaired) electrons. The van der Waals surface area contributed by atoms with Crippen molar-refractivity contribution in [2.45, 2.75) is 18.7 Å². The van der Waals surface area contributed by atoms with Gasteiger partial charge in [0.2, 0.25) is 0 Å². The second kappa shape index (κ2) is 4.62. The van der Waals surface area contributed by atoms with Crippen molar-refractivity contribution < 1.29 is 8.42 Å². The molecule has 0 fully saturated rings. The number of hydrogen-bond donors (Lipinski definition) is 2. The van der Waals surface area contributed by atoms with Gasteiger partial charge in [-0.25, -0.2) is 8.42 Å². The van der Waals surface area contributed by atoms with Gasteiger partial charge >= 0.3 is 0 Å². The van der Waals surface area contributed by atoms with Gasteiger partial charge < -0.3 is 5.73 Å². The number of nitrogens with one attached hydrogen (secondary N) is 1. The first-order valence-corrected chi connectivity index (χ1v) is 7.74. The first-order valence-electron chi connectivity index (χ1n) is 5.32. The zero-order chi connectivity index (χ0) is 13.3. The number of nitrogen functional groups attached to an aromatic ring is 1. The van der Waals surface area contributed by atoms with E-state index in [4.69, 9.17) is 5.73 Å². The molecule has 1 aromatic heterocycles. The Bertz CT molecular complexity index is 662. The van der Waals surface area contributed by atoms with Gasteiger partial charge in [-0.1, -0.05) is 0 Å². The smallest absolute Gasteiger partial charge is 0.262 e. The molecule has 0 unspecified atom stereocenters. The monoisotopic (exact) mass is 282 g/mol. The molecule has 3 N–H and O–H groups in total. The Balaban J connectivity index is 2.48. The molecule has 0 bridgehead atoms. The molecule has 18 heavy (non-hydrogen) atoms. The molecule has 0 aliphatic rings. The van der Waals surface area contributed by atoms with E-state index in [0.29, 0.717) is 16.9 Å². The largest absolute Gasteiger partial charge is 0.398 e. The van der Waals surface area contributed by atoms with Crippen molar-refractivity contribution in [1.82, 2.24) is 0 Å². The first-order chi connectivity index (χ1) is 8.40. The van der Waals surface area contributed by atoms with Gasteiger partial charge in [-0.05, 0) is 48.6 Å². The van der Waals surface area contributed by atoms with Crippen LogP contribution < -0.4 is 10.5 Å². The SMILES string of the molecule is Cc1cc(N)c(C)c(S(=O)(=O)Nc2ccsc2)c1. The maximum absolute atomic E-state index is 12.3. The normalized spacial score (nSPS) is 11.4. The van der Waals surface area contributed by atoms with E-state index >= 15 is 0 Å². The molecular weight excluding hydrogens is 268 g/mol. The Morgan fingerprint density at radius 1 is 1.28 bits per heavy atom. The standard InChI is InChI=1S/C12H14N2O2S2/c1-8-5-11(13)9(2)12(6-8)18(15,16)14-10-3-4-17-7-10/h3-7,14H,13H2,1-2H3. The van der Waals surface area contributed by atoms with Crippen molar-refractivity contribution >= 4 is 32.7 Å². The van der Waals surface area contributed by atoms with Gasteiger partial charge in [0.15, 0.2) is 0 Å². The van der Waals surface area contributed by atoms with Crippen LogP contribution in [0.3, 0.4) is 0 Å². The van der Waals surface area contributed by atoms with Crippen LogP contribution in [0.25, 0.3) is 0 Å². The fourth-order valence-electron chi connectivity index (χ4n) is 1.66. The van der Waals surface area contributed by atoms with Gasteiger partial charge in [-0.15, -0.1) is 0 Å². The number of sulfonamides is 1. The minimum Gasteiger partial charge on any atom is -0.398 e. The summed E-state index contributed by atoms with van der Waals surface area (Å²) in [5.74, 6) is 0. The lowest BCUT2D eigenvalue weighted by atomic mass is 10.1. The molecule has 1 heterocycles. The molecule has 0 saturated carbocycles. The molecule has 0 amide bonds. The Hall–Kier alpha value is -1.53. The predicted octanol–water partition coefficient (Wildman–Crippen LogP) is 2.75. The Labute approximate surface area is 111 Å². The van der Waals surface area contributed by atoms with Gasteiger partial charge in [0.05, 0.1) is 10.6 Å². The summed E-state index contributed by atoms with van der Waals surface area (Å²) in [5, 5.41) is 3.56. The maximum atomic E-state index is 12.3. The first kappa shape index (κ1) is 12.9. The molecule has 2 rings (SSSR count). The van der Waals surface area contributed by atoms with Gasteiger partial charge in [-0.2, -0.15) is 11.3 Å². The van der Waals surface area contributed by atoms with Crippen LogP contribution in [-0.2, 0) is 10.0 Å². The van der Waals surface area contributed by atoms with E-state index in [0.717, 1.165) is 5.56 Å². The maximum Gasteiger partial charge on any atom is 0.262 e. The number of rotatable bonds is 3. The van der Waals surface area contributed by atoms with E-state index in [-0.39, 0.29) is 4.90 Å². The van der Waals surface area contributed by atoms with E-state index in [1.165, 1.54) is 11.3 Å². The Morgan fingerprint density at radius 2 is 2.00 bits per heavy atom. The lowest BCUT2D eigenvalue weighted by Crippen LogP contribution is -2.14. The molecule has 1 aromatic carbocycles. The molecule has 0 saturated heterocycles. The van der Waals surface area contributed by atoms with E-state index in [1.807, 2.05) is 12.3 Å². The number of aryl methyl sites for hydroxylation is 1. The fraction of sp³-hybridized carbons (Fsp3) is 0.167. The van der Waals surface area contributed by atoms with Crippen LogP contribution in [0.5, 0.6) is 0 Å². The molecule has 6 heteroatoms. The fourth-order valence-corrected chi connectivity index (χ4v) is 3.74. The van der Waals surface area contributed by atoms with Gasteiger partial charge in [0.25, 0.3) is 10.0 Å². The number of hydrogen-bond acceptors (Lipinski definition) is 4. The number of nitrogens with two attached hydrogens (primary N) is 1. The summed E-state index contributed by atoms with van der Waals surface area (Å²) in [6.07, 6.45) is 0. The van der Waals surface area contributed by atoms with Crippen LogP contribution >= 0.6 is 11.3 Å². The van der Waals surface area contributed by atoms with Gasteiger partial charge in [0.1, 0.15) is 0 Å². The second-order valence-electron chi connectivity index (χ2n) is 4.09. The molecule has 4 nitrogen and oxygen atoms in total. The number of benzene rings is 1. The third-order valence-electron chi connectivity index (χ3n) is 2.61. The predicted molar refractivity (Wildman–Crippen MR) is 75.5 cm³/mol. The third kappa shape index (κ3) is 2.49. The molecule has 0 atom stereocenters. The quantitative estimate of drug-likeness (QED) is 0.850. The average molecular weight is 282 g/mol. The highest BCUT2D eigenvalue weighted by atomic mass is 32.2. The highest BCUT2D eigenvalue weighted by Gasteiger charge is 2.18. The summed E-state index contributed by atoms with van der Waals surface area (Å²) in [5.41, 5.74) is 8.25. The van der Waals surface area contributed by atoms with E-state index in [9.17, 15) is 8.42 Å². The average Bonchev–Trinajstić information content (AvgIpc) is 2.75. The zero-order valence-corrected chi connectivity index (χ0v) is 11.7. The van der Waals surface area contributed by atoms with Crippen LogP contribution in [-0.4, -0.2) is 8.42 Å². The van der Waals surface area contributed by atoms with E-state index in [2.05, 4.69) is 4.72 Å². The van der Waals surface area contributed by atoms with Crippen molar-refractivity contribution in [3.8, 4) is 0 Å². The highest BCUT2D eigenvalue weighted by Crippen LogP contribution is 2.25. The van der Waals surface area contributed by atoms with Crippen LogP contribution in [0.1, 0.15) is 11.1 Å².